The van der Waals surface area contributed by atoms with Crippen molar-refractivity contribution in [2.75, 3.05) is 0 Å². The van der Waals surface area contributed by atoms with Crippen LogP contribution in [-0.4, -0.2) is 22.1 Å². The van der Waals surface area contributed by atoms with Gasteiger partial charge in [-0.25, -0.2) is 10.4 Å². The number of fused-ring (bicyclic) bond motifs is 1. The number of hydrogen-bond acceptors (Lipinski definition) is 3. The predicted octanol–water partition coefficient (Wildman–Crippen LogP) is 2.26. The number of para-hydroxylation sites is 2. The molecule has 0 bridgehead atoms. The van der Waals surface area contributed by atoms with Crippen LogP contribution in [0, 0.1) is 0 Å². The van der Waals surface area contributed by atoms with Crippen LogP contribution in [-0.2, 0) is 11.2 Å². The molecular weight excluding hydrogens is 264 g/mol. The molecule has 2 N–H and O–H groups in total. The molecule has 21 heavy (non-hydrogen) atoms. The summed E-state index contributed by atoms with van der Waals surface area (Å²) in [6.07, 6.45) is 1.78. The first-order valence-electron chi connectivity index (χ1n) is 6.62. The zero-order valence-corrected chi connectivity index (χ0v) is 11.3. The molecule has 0 saturated heterocycles. The van der Waals surface area contributed by atoms with Gasteiger partial charge in [-0.3, -0.25) is 4.79 Å². The molecule has 1 amide bonds. The Morgan fingerprint density at radius 3 is 2.71 bits per heavy atom. The molecule has 0 aliphatic heterocycles. The number of hydrazone groups is 1. The second-order valence-corrected chi connectivity index (χ2v) is 4.58. The smallest absolute Gasteiger partial charge is 0.247 e. The number of amides is 1. The number of rotatable bonds is 4. The molecule has 3 aromatic rings. The molecule has 1 aromatic heterocycles. The van der Waals surface area contributed by atoms with Crippen LogP contribution in [0.5, 0.6) is 0 Å². The van der Waals surface area contributed by atoms with Crippen LogP contribution in [0.3, 0.4) is 0 Å². The molecule has 0 aliphatic rings. The lowest BCUT2D eigenvalue weighted by Crippen LogP contribution is -2.20. The van der Waals surface area contributed by atoms with Crippen molar-refractivity contribution >= 4 is 23.2 Å². The zero-order chi connectivity index (χ0) is 14.5. The highest BCUT2D eigenvalue weighted by Gasteiger charge is 2.06. The molecule has 5 nitrogen and oxygen atoms in total. The Labute approximate surface area is 121 Å². The van der Waals surface area contributed by atoms with Gasteiger partial charge in [0.25, 0.3) is 0 Å². The maximum absolute atomic E-state index is 11.8. The number of hydrogen-bond donors (Lipinski definition) is 2. The molecule has 0 aliphatic carbocycles. The van der Waals surface area contributed by atoms with E-state index in [4.69, 9.17) is 0 Å². The number of benzene rings is 2. The van der Waals surface area contributed by atoms with Crippen molar-refractivity contribution in [3.8, 4) is 0 Å². The van der Waals surface area contributed by atoms with Gasteiger partial charge in [0.05, 0.1) is 23.7 Å². The summed E-state index contributed by atoms with van der Waals surface area (Å²) in [4.78, 5) is 19.3. The van der Waals surface area contributed by atoms with Crippen molar-refractivity contribution in [1.82, 2.24) is 15.4 Å². The summed E-state index contributed by atoms with van der Waals surface area (Å²) in [7, 11) is 0. The third-order valence-corrected chi connectivity index (χ3v) is 2.97. The van der Waals surface area contributed by atoms with Crippen LogP contribution in [0.4, 0.5) is 0 Å². The third kappa shape index (κ3) is 3.33. The number of imidazole rings is 1. The first-order chi connectivity index (χ1) is 10.3. The Balaban J connectivity index is 1.60. The first kappa shape index (κ1) is 13.1. The highest BCUT2D eigenvalue weighted by molar-refractivity contribution is 5.83. The lowest BCUT2D eigenvalue weighted by molar-refractivity contribution is -0.120. The quantitative estimate of drug-likeness (QED) is 0.567. The molecular formula is C16H14N4O. The minimum atomic E-state index is -0.207. The second kappa shape index (κ2) is 6.00. The average Bonchev–Trinajstić information content (AvgIpc) is 2.90. The lowest BCUT2D eigenvalue weighted by atomic mass is 10.2. The molecule has 3 rings (SSSR count). The number of carbonyl (C=O) groups excluding carboxylic acids is 1. The molecule has 0 atom stereocenters. The van der Waals surface area contributed by atoms with Gasteiger partial charge >= 0.3 is 0 Å². The minimum Gasteiger partial charge on any atom is -0.342 e. The Hall–Kier alpha value is -2.95. The molecule has 2 aromatic carbocycles. The fraction of sp³-hybridized carbons (Fsp3) is 0.0625. The van der Waals surface area contributed by atoms with E-state index in [0.29, 0.717) is 5.82 Å². The minimum absolute atomic E-state index is 0.167. The summed E-state index contributed by atoms with van der Waals surface area (Å²) in [5.74, 6) is 0.421. The van der Waals surface area contributed by atoms with Crippen LogP contribution in [0.2, 0.25) is 0 Å². The van der Waals surface area contributed by atoms with Crippen molar-refractivity contribution in [1.29, 1.82) is 0 Å². The van der Waals surface area contributed by atoms with Gasteiger partial charge in [0, 0.05) is 0 Å². The van der Waals surface area contributed by atoms with Crippen LogP contribution in [0.1, 0.15) is 11.4 Å². The topological polar surface area (TPSA) is 70.1 Å². The van der Waals surface area contributed by atoms with Gasteiger partial charge < -0.3 is 4.98 Å². The van der Waals surface area contributed by atoms with E-state index < -0.39 is 0 Å². The summed E-state index contributed by atoms with van der Waals surface area (Å²) in [5.41, 5.74) is 5.21. The Bertz CT molecular complexity index is 744. The van der Waals surface area contributed by atoms with Crippen molar-refractivity contribution in [2.24, 2.45) is 5.10 Å². The van der Waals surface area contributed by atoms with E-state index in [2.05, 4.69) is 20.5 Å². The Morgan fingerprint density at radius 2 is 1.90 bits per heavy atom. The van der Waals surface area contributed by atoms with E-state index in [-0.39, 0.29) is 12.3 Å². The number of nitrogens with one attached hydrogen (secondary N) is 2. The fourth-order valence-electron chi connectivity index (χ4n) is 2.00. The second-order valence-electron chi connectivity index (χ2n) is 4.58. The maximum atomic E-state index is 11.8. The molecule has 0 radical (unpaired) electrons. The van der Waals surface area contributed by atoms with E-state index in [1.54, 1.807) is 6.21 Å². The molecule has 0 spiro atoms. The van der Waals surface area contributed by atoms with Gasteiger partial charge in [-0.1, -0.05) is 42.5 Å². The SMILES string of the molecule is O=C(Cc1nc2ccccc2[nH]1)N/N=C\c1ccccc1. The first-order valence-corrected chi connectivity index (χ1v) is 6.62. The predicted molar refractivity (Wildman–Crippen MR) is 82.0 cm³/mol. The summed E-state index contributed by atoms with van der Waals surface area (Å²) >= 11 is 0. The van der Waals surface area contributed by atoms with Crippen LogP contribution in [0.25, 0.3) is 11.0 Å². The van der Waals surface area contributed by atoms with Gasteiger partial charge in [0.1, 0.15) is 5.82 Å². The Morgan fingerprint density at radius 1 is 1.14 bits per heavy atom. The van der Waals surface area contributed by atoms with E-state index in [9.17, 15) is 4.79 Å². The largest absolute Gasteiger partial charge is 0.342 e. The van der Waals surface area contributed by atoms with Crippen LogP contribution < -0.4 is 5.43 Å². The van der Waals surface area contributed by atoms with Crippen LogP contribution in [0.15, 0.2) is 59.7 Å². The maximum Gasteiger partial charge on any atom is 0.247 e. The lowest BCUT2D eigenvalue weighted by Gasteiger charge is -1.96. The van der Waals surface area contributed by atoms with Crippen molar-refractivity contribution in [3.05, 3.63) is 66.0 Å². The van der Waals surface area contributed by atoms with E-state index >= 15 is 0 Å². The van der Waals surface area contributed by atoms with Gasteiger partial charge in [0.15, 0.2) is 0 Å². The highest BCUT2D eigenvalue weighted by Crippen LogP contribution is 2.10. The highest BCUT2D eigenvalue weighted by atomic mass is 16.2. The number of nitrogens with zero attached hydrogens (tertiary/aromatic N) is 2. The molecule has 0 saturated carbocycles. The molecule has 5 heteroatoms. The van der Waals surface area contributed by atoms with Gasteiger partial charge in [-0.2, -0.15) is 5.10 Å². The van der Waals surface area contributed by atoms with Gasteiger partial charge in [-0.05, 0) is 17.7 Å². The Kier molecular flexibility index (Phi) is 3.73. The number of H-pyrrole nitrogens is 1. The van der Waals surface area contributed by atoms with Gasteiger partial charge in [-0.15, -0.1) is 0 Å². The normalized spacial score (nSPS) is 11.0. The zero-order valence-electron chi connectivity index (χ0n) is 11.3. The summed E-state index contributed by atoms with van der Waals surface area (Å²) in [5, 5.41) is 3.93. The van der Waals surface area contributed by atoms with Crippen molar-refractivity contribution in [3.63, 3.8) is 0 Å². The van der Waals surface area contributed by atoms with E-state index in [0.717, 1.165) is 16.6 Å². The summed E-state index contributed by atoms with van der Waals surface area (Å²) in [6.45, 7) is 0. The number of aromatic amines is 1. The monoisotopic (exact) mass is 278 g/mol. The van der Waals surface area contributed by atoms with Crippen LogP contribution >= 0.6 is 0 Å². The third-order valence-electron chi connectivity index (χ3n) is 2.97. The van der Waals surface area contributed by atoms with E-state index in [1.807, 2.05) is 54.6 Å². The van der Waals surface area contributed by atoms with Crippen molar-refractivity contribution in [2.45, 2.75) is 6.42 Å². The number of carbonyl (C=O) groups is 1. The molecule has 0 unspecified atom stereocenters. The van der Waals surface area contributed by atoms with Gasteiger partial charge in [0.2, 0.25) is 5.91 Å². The molecule has 104 valence electrons. The van der Waals surface area contributed by atoms with E-state index in [1.165, 1.54) is 0 Å². The number of aromatic nitrogens is 2. The fourth-order valence-corrected chi connectivity index (χ4v) is 2.00. The average molecular weight is 278 g/mol. The standard InChI is InChI=1S/C16H14N4O/c21-16(20-17-11-12-6-2-1-3-7-12)10-15-18-13-8-4-5-9-14(13)19-15/h1-9,11H,10H2,(H,18,19)(H,20,21)/b17-11-. The summed E-state index contributed by atoms with van der Waals surface area (Å²) in [6, 6.07) is 17.3. The molecule has 0 fully saturated rings. The summed E-state index contributed by atoms with van der Waals surface area (Å²) < 4.78 is 0. The van der Waals surface area contributed by atoms with Crippen molar-refractivity contribution < 1.29 is 4.79 Å². The molecule has 1 heterocycles.